The third-order valence-electron chi connectivity index (χ3n) is 3.47. The van der Waals surface area contributed by atoms with Crippen molar-refractivity contribution in [1.29, 1.82) is 0 Å². The summed E-state index contributed by atoms with van der Waals surface area (Å²) in [5.74, 6) is 0.00336. The maximum atomic E-state index is 11.7. The maximum absolute atomic E-state index is 11.7. The molecule has 0 saturated carbocycles. The fraction of sp³-hybridized carbons (Fsp3) is 0.312. The number of nitrogens with two attached hydrogens (primary N) is 1. The Balaban J connectivity index is 2.46. The van der Waals surface area contributed by atoms with Gasteiger partial charge in [0.05, 0.1) is 13.2 Å². The summed E-state index contributed by atoms with van der Waals surface area (Å²) in [6, 6.07) is 5.53. The Morgan fingerprint density at radius 2 is 1.86 bits per heavy atom. The quantitative estimate of drug-likeness (QED) is 0.536. The molecule has 0 aliphatic carbocycles. The third kappa shape index (κ3) is 3.47. The number of hydrogen-bond acceptors (Lipinski definition) is 6. The molecule has 1 aromatic carbocycles. The number of Topliss-reactive ketones (excluding diaryl/α,β-unsaturated/α-hetero) is 1. The van der Waals surface area contributed by atoms with Gasteiger partial charge in [-0.1, -0.05) is 0 Å². The molecule has 2 aromatic rings. The highest BCUT2D eigenvalue weighted by Gasteiger charge is 2.15. The molecule has 0 amide bonds. The van der Waals surface area contributed by atoms with E-state index < -0.39 is 0 Å². The van der Waals surface area contributed by atoms with E-state index in [0.717, 1.165) is 16.8 Å². The summed E-state index contributed by atoms with van der Waals surface area (Å²) < 4.78 is 0. The second kappa shape index (κ2) is 7.40. The number of thiophene rings is 1. The molecule has 118 valence electrons. The van der Waals surface area contributed by atoms with Gasteiger partial charge in [-0.2, -0.15) is 11.3 Å². The van der Waals surface area contributed by atoms with Crippen LogP contribution in [0, 0.1) is 0 Å². The smallest absolute Gasteiger partial charge is 0.161 e. The maximum Gasteiger partial charge on any atom is 0.161 e. The zero-order chi connectivity index (χ0) is 16.1. The highest BCUT2D eigenvalue weighted by molar-refractivity contribution is 7.08. The molecule has 22 heavy (non-hydrogen) atoms. The third-order valence-corrected chi connectivity index (χ3v) is 4.22. The number of nitrogens with zero attached hydrogens (tertiary/aromatic N) is 1. The van der Waals surface area contributed by atoms with Crippen molar-refractivity contribution in [2.45, 2.75) is 6.92 Å². The Bertz CT molecular complexity index is 649. The Morgan fingerprint density at radius 1 is 1.18 bits per heavy atom. The first-order chi connectivity index (χ1) is 10.6. The topological polar surface area (TPSA) is 86.8 Å². The number of anilines is 2. The van der Waals surface area contributed by atoms with Gasteiger partial charge in [-0.05, 0) is 30.5 Å². The number of carbonyl (C=O) groups is 1. The molecule has 6 heteroatoms. The molecule has 0 aliphatic rings. The van der Waals surface area contributed by atoms with E-state index in [0.29, 0.717) is 24.3 Å². The number of hydrogen-bond donors (Lipinski definition) is 3. The van der Waals surface area contributed by atoms with Crippen LogP contribution >= 0.6 is 11.3 Å². The number of aliphatic hydroxyl groups excluding tert-OH is 2. The number of carbonyl (C=O) groups excluding carboxylic acids is 1. The molecule has 0 bridgehead atoms. The SMILES string of the molecule is CC(=O)c1cscc1-c1cc(N(CCO)CCO)ccc1N. The van der Waals surface area contributed by atoms with Gasteiger partial charge in [0.25, 0.3) is 0 Å². The minimum Gasteiger partial charge on any atom is -0.398 e. The van der Waals surface area contributed by atoms with Gasteiger partial charge in [0.2, 0.25) is 0 Å². The molecule has 0 fully saturated rings. The van der Waals surface area contributed by atoms with Crippen molar-refractivity contribution in [3.63, 3.8) is 0 Å². The Hall–Kier alpha value is -1.89. The zero-order valence-corrected chi connectivity index (χ0v) is 13.3. The minimum atomic E-state index is -0.00312. The molecule has 4 N–H and O–H groups in total. The molecule has 1 aromatic heterocycles. The molecular weight excluding hydrogens is 300 g/mol. The van der Waals surface area contributed by atoms with Crippen molar-refractivity contribution in [3.8, 4) is 11.1 Å². The van der Waals surface area contributed by atoms with Gasteiger partial charge < -0.3 is 20.8 Å². The van der Waals surface area contributed by atoms with Crippen LogP contribution in [-0.2, 0) is 0 Å². The molecule has 0 spiro atoms. The summed E-state index contributed by atoms with van der Waals surface area (Å²) in [6.45, 7) is 2.38. The van der Waals surface area contributed by atoms with Gasteiger partial charge in [-0.3, -0.25) is 4.79 Å². The average Bonchev–Trinajstić information content (AvgIpc) is 2.97. The van der Waals surface area contributed by atoms with Crippen LogP contribution in [0.2, 0.25) is 0 Å². The second-order valence-corrected chi connectivity index (χ2v) is 5.70. The van der Waals surface area contributed by atoms with E-state index in [1.54, 1.807) is 6.07 Å². The van der Waals surface area contributed by atoms with Crippen LogP contribution in [0.15, 0.2) is 29.0 Å². The zero-order valence-electron chi connectivity index (χ0n) is 12.5. The van der Waals surface area contributed by atoms with Gasteiger partial charge in [-0.15, -0.1) is 0 Å². The van der Waals surface area contributed by atoms with Crippen LogP contribution in [-0.4, -0.2) is 42.3 Å². The first-order valence-electron chi connectivity index (χ1n) is 7.02. The second-order valence-electron chi connectivity index (χ2n) is 4.96. The standard InChI is InChI=1S/C16H20N2O3S/c1-11(21)14-9-22-10-15(14)13-8-12(2-3-16(13)17)18(4-6-19)5-7-20/h2-3,8-10,19-20H,4-7,17H2,1H3. The lowest BCUT2D eigenvalue weighted by Crippen LogP contribution is -2.29. The van der Waals surface area contributed by atoms with Crippen LogP contribution < -0.4 is 10.6 Å². The normalized spacial score (nSPS) is 10.7. The summed E-state index contributed by atoms with van der Waals surface area (Å²) in [5.41, 5.74) is 9.80. The summed E-state index contributed by atoms with van der Waals surface area (Å²) in [6.07, 6.45) is 0. The van der Waals surface area contributed by atoms with Crippen molar-refractivity contribution < 1.29 is 15.0 Å². The van der Waals surface area contributed by atoms with E-state index in [1.165, 1.54) is 18.3 Å². The first kappa shape index (κ1) is 16.5. The van der Waals surface area contributed by atoms with Crippen LogP contribution in [0.3, 0.4) is 0 Å². The summed E-state index contributed by atoms with van der Waals surface area (Å²) >= 11 is 1.46. The van der Waals surface area contributed by atoms with Crippen molar-refractivity contribution in [2.24, 2.45) is 0 Å². The average molecular weight is 320 g/mol. The van der Waals surface area contributed by atoms with E-state index in [4.69, 9.17) is 15.9 Å². The Morgan fingerprint density at radius 3 is 2.45 bits per heavy atom. The number of benzene rings is 1. The molecule has 0 saturated heterocycles. The Labute approximate surface area is 133 Å². The minimum absolute atomic E-state index is 0.00312. The van der Waals surface area contributed by atoms with Crippen molar-refractivity contribution in [2.75, 3.05) is 36.9 Å². The van der Waals surface area contributed by atoms with Crippen LogP contribution in [0.25, 0.3) is 11.1 Å². The van der Waals surface area contributed by atoms with Crippen LogP contribution in [0.4, 0.5) is 11.4 Å². The van der Waals surface area contributed by atoms with E-state index in [-0.39, 0.29) is 19.0 Å². The number of ketones is 1. The molecule has 0 aliphatic heterocycles. The number of rotatable bonds is 7. The monoisotopic (exact) mass is 320 g/mol. The molecule has 0 unspecified atom stereocenters. The Kier molecular flexibility index (Phi) is 5.54. The van der Waals surface area contributed by atoms with Gasteiger partial charge in [-0.25, -0.2) is 0 Å². The largest absolute Gasteiger partial charge is 0.398 e. The highest BCUT2D eigenvalue weighted by atomic mass is 32.1. The first-order valence-corrected chi connectivity index (χ1v) is 7.96. The van der Waals surface area contributed by atoms with Gasteiger partial charge >= 0.3 is 0 Å². The van der Waals surface area contributed by atoms with Gasteiger partial charge in [0.1, 0.15) is 0 Å². The molecule has 1 heterocycles. The van der Waals surface area contributed by atoms with E-state index >= 15 is 0 Å². The number of nitrogen functional groups attached to an aromatic ring is 1. The van der Waals surface area contributed by atoms with E-state index in [1.807, 2.05) is 27.8 Å². The van der Waals surface area contributed by atoms with Crippen molar-refractivity contribution >= 4 is 28.5 Å². The predicted octanol–water partition coefficient (Wildman–Crippen LogP) is 1.99. The molecular formula is C16H20N2O3S. The molecule has 0 radical (unpaired) electrons. The fourth-order valence-electron chi connectivity index (χ4n) is 2.36. The van der Waals surface area contributed by atoms with E-state index in [9.17, 15) is 4.79 Å². The van der Waals surface area contributed by atoms with E-state index in [2.05, 4.69) is 0 Å². The summed E-state index contributed by atoms with van der Waals surface area (Å²) in [5, 5.41) is 22.1. The molecule has 5 nitrogen and oxygen atoms in total. The summed E-state index contributed by atoms with van der Waals surface area (Å²) in [4.78, 5) is 13.6. The molecule has 2 rings (SSSR count). The summed E-state index contributed by atoms with van der Waals surface area (Å²) in [7, 11) is 0. The van der Waals surface area contributed by atoms with Crippen LogP contribution in [0.1, 0.15) is 17.3 Å². The van der Waals surface area contributed by atoms with Gasteiger partial charge in [0.15, 0.2) is 5.78 Å². The lowest BCUT2D eigenvalue weighted by Gasteiger charge is -2.24. The van der Waals surface area contributed by atoms with Gasteiger partial charge in [0, 0.05) is 46.5 Å². The lowest BCUT2D eigenvalue weighted by molar-refractivity contribution is 0.101. The lowest BCUT2D eigenvalue weighted by atomic mass is 10.00. The highest BCUT2D eigenvalue weighted by Crippen LogP contribution is 2.34. The van der Waals surface area contributed by atoms with Crippen molar-refractivity contribution in [3.05, 3.63) is 34.5 Å². The fourth-order valence-corrected chi connectivity index (χ4v) is 3.25. The number of aliphatic hydroxyl groups is 2. The van der Waals surface area contributed by atoms with Crippen LogP contribution in [0.5, 0.6) is 0 Å². The van der Waals surface area contributed by atoms with Crippen molar-refractivity contribution in [1.82, 2.24) is 0 Å². The molecule has 0 atom stereocenters. The predicted molar refractivity (Wildman–Crippen MR) is 90.6 cm³/mol.